The molecule has 2 heterocycles. The molecule has 100 valence electrons. The van der Waals surface area contributed by atoms with Gasteiger partial charge in [-0.25, -0.2) is 4.98 Å². The molecule has 0 aromatic carbocycles. The third-order valence-electron chi connectivity index (χ3n) is 3.57. The highest BCUT2D eigenvalue weighted by Crippen LogP contribution is 2.29. The molecule has 18 heavy (non-hydrogen) atoms. The minimum absolute atomic E-state index is 0.107. The van der Waals surface area contributed by atoms with Crippen molar-refractivity contribution in [3.63, 3.8) is 0 Å². The topological polar surface area (TPSA) is 61.9 Å². The summed E-state index contributed by atoms with van der Waals surface area (Å²) in [5, 5.41) is 6.80. The number of carbonyl (C=O) groups is 1. The monoisotopic (exact) mass is 250 g/mol. The third-order valence-corrected chi connectivity index (χ3v) is 3.57. The smallest absolute Gasteiger partial charge is 0.223 e. The fourth-order valence-electron chi connectivity index (χ4n) is 2.56. The van der Waals surface area contributed by atoms with Crippen molar-refractivity contribution < 1.29 is 4.79 Å². The second-order valence-electron chi connectivity index (χ2n) is 4.93. The maximum absolute atomic E-state index is 12.2. The molecule has 1 aliphatic rings. The molecule has 1 amide bonds. The van der Waals surface area contributed by atoms with E-state index in [9.17, 15) is 4.79 Å². The molecule has 5 nitrogen and oxygen atoms in total. The van der Waals surface area contributed by atoms with Crippen molar-refractivity contribution in [2.45, 2.75) is 57.9 Å². The van der Waals surface area contributed by atoms with Gasteiger partial charge < -0.3 is 4.90 Å². The molecule has 0 radical (unpaired) electrons. The first-order chi connectivity index (χ1) is 8.83. The summed E-state index contributed by atoms with van der Waals surface area (Å²) in [5.41, 5.74) is 0. The molecular weight excluding hydrogens is 228 g/mol. The van der Waals surface area contributed by atoms with Gasteiger partial charge in [-0.1, -0.05) is 19.8 Å². The number of amides is 1. The molecule has 2 rings (SSSR count). The summed E-state index contributed by atoms with van der Waals surface area (Å²) in [4.78, 5) is 18.4. The molecule has 1 aromatic rings. The van der Waals surface area contributed by atoms with Crippen molar-refractivity contribution in [2.24, 2.45) is 0 Å². The van der Waals surface area contributed by atoms with Crippen molar-refractivity contribution in [3.8, 4) is 0 Å². The van der Waals surface area contributed by atoms with E-state index in [1.54, 1.807) is 0 Å². The normalized spacial score (nSPS) is 20.1. The van der Waals surface area contributed by atoms with Crippen LogP contribution in [0.2, 0.25) is 0 Å². The summed E-state index contributed by atoms with van der Waals surface area (Å²) in [6.07, 6.45) is 8.71. The van der Waals surface area contributed by atoms with Gasteiger partial charge in [0.15, 0.2) is 0 Å². The fraction of sp³-hybridized carbons (Fsp3) is 0.769. The molecule has 0 spiro atoms. The lowest BCUT2D eigenvalue weighted by molar-refractivity contribution is -0.135. The largest absolute Gasteiger partial charge is 0.332 e. The molecule has 1 aliphatic heterocycles. The number of nitrogens with one attached hydrogen (secondary N) is 1. The minimum Gasteiger partial charge on any atom is -0.332 e. The Hall–Kier alpha value is -1.39. The first-order valence-electron chi connectivity index (χ1n) is 6.97. The lowest BCUT2D eigenvalue weighted by atomic mass is 10.0. The van der Waals surface area contributed by atoms with E-state index < -0.39 is 0 Å². The van der Waals surface area contributed by atoms with Crippen LogP contribution in [0, 0.1) is 0 Å². The standard InChI is InChI=1S/C13H22N4O/c1-2-3-4-8-12(18)17-9-6-5-7-11(17)13-14-10-15-16-13/h10-11H,2-9H2,1H3,(H,14,15,16)/t11-/m0/s1. The van der Waals surface area contributed by atoms with Gasteiger partial charge in [-0.2, -0.15) is 5.10 Å². The Morgan fingerprint density at radius 2 is 2.39 bits per heavy atom. The lowest BCUT2D eigenvalue weighted by Gasteiger charge is -2.34. The van der Waals surface area contributed by atoms with E-state index in [0.717, 1.165) is 50.9 Å². The van der Waals surface area contributed by atoms with Crippen molar-refractivity contribution >= 4 is 5.91 Å². The SMILES string of the molecule is CCCCCC(=O)N1CCCC[C@H]1c1ncn[nH]1. The average Bonchev–Trinajstić information content (AvgIpc) is 2.93. The molecule has 0 aliphatic carbocycles. The number of hydrogen-bond donors (Lipinski definition) is 1. The molecule has 0 bridgehead atoms. The summed E-state index contributed by atoms with van der Waals surface area (Å²) >= 11 is 0. The second kappa shape index (κ2) is 6.52. The number of carbonyl (C=O) groups excluding carboxylic acids is 1. The predicted molar refractivity (Wildman–Crippen MR) is 68.8 cm³/mol. The van der Waals surface area contributed by atoms with E-state index in [4.69, 9.17) is 0 Å². The molecule has 1 aromatic heterocycles. The predicted octanol–water partition coefficient (Wildman–Crippen LogP) is 2.44. The molecule has 5 heteroatoms. The third kappa shape index (κ3) is 3.09. The van der Waals surface area contributed by atoms with Crippen molar-refractivity contribution in [2.75, 3.05) is 6.54 Å². The van der Waals surface area contributed by atoms with Crippen LogP contribution in [-0.4, -0.2) is 32.5 Å². The van der Waals surface area contributed by atoms with Crippen LogP contribution in [0.5, 0.6) is 0 Å². The fourth-order valence-corrected chi connectivity index (χ4v) is 2.56. The Morgan fingerprint density at radius 1 is 1.50 bits per heavy atom. The number of unbranched alkanes of at least 4 members (excludes halogenated alkanes) is 2. The summed E-state index contributed by atoms with van der Waals surface area (Å²) in [5.74, 6) is 1.10. The van der Waals surface area contributed by atoms with Crippen LogP contribution in [0.3, 0.4) is 0 Å². The first-order valence-corrected chi connectivity index (χ1v) is 6.97. The van der Waals surface area contributed by atoms with Crippen LogP contribution < -0.4 is 0 Å². The zero-order chi connectivity index (χ0) is 12.8. The highest BCUT2D eigenvalue weighted by Gasteiger charge is 2.29. The first kappa shape index (κ1) is 13.1. The second-order valence-corrected chi connectivity index (χ2v) is 4.93. The molecule has 1 saturated heterocycles. The van der Waals surface area contributed by atoms with E-state index in [1.165, 1.54) is 6.33 Å². The maximum atomic E-state index is 12.2. The van der Waals surface area contributed by atoms with Crippen LogP contribution in [0.4, 0.5) is 0 Å². The van der Waals surface area contributed by atoms with Crippen LogP contribution in [0.25, 0.3) is 0 Å². The molecule has 1 atom stereocenters. The lowest BCUT2D eigenvalue weighted by Crippen LogP contribution is -2.38. The van der Waals surface area contributed by atoms with Gasteiger partial charge in [0.05, 0.1) is 6.04 Å². The van der Waals surface area contributed by atoms with Crippen LogP contribution in [0.1, 0.15) is 63.7 Å². The van der Waals surface area contributed by atoms with E-state index >= 15 is 0 Å². The number of rotatable bonds is 5. The van der Waals surface area contributed by atoms with Crippen LogP contribution in [-0.2, 0) is 4.79 Å². The summed E-state index contributed by atoms with van der Waals surface area (Å²) in [6, 6.07) is 0.107. The Labute approximate surface area is 108 Å². The maximum Gasteiger partial charge on any atom is 0.223 e. The molecule has 0 saturated carbocycles. The van der Waals surface area contributed by atoms with Gasteiger partial charge in [0.25, 0.3) is 0 Å². The number of piperidine rings is 1. The van der Waals surface area contributed by atoms with Crippen molar-refractivity contribution in [1.29, 1.82) is 0 Å². The zero-order valence-corrected chi connectivity index (χ0v) is 11.1. The Kier molecular flexibility index (Phi) is 4.73. The molecule has 1 N–H and O–H groups in total. The summed E-state index contributed by atoms with van der Waals surface area (Å²) in [6.45, 7) is 3.01. The number of aromatic nitrogens is 3. The Balaban J connectivity index is 1.97. The van der Waals surface area contributed by atoms with Gasteiger partial charge in [0.2, 0.25) is 5.91 Å². The van der Waals surface area contributed by atoms with Crippen molar-refractivity contribution in [3.05, 3.63) is 12.2 Å². The van der Waals surface area contributed by atoms with E-state index in [0.29, 0.717) is 6.42 Å². The van der Waals surface area contributed by atoms with Gasteiger partial charge >= 0.3 is 0 Å². The number of likely N-dealkylation sites (tertiary alicyclic amines) is 1. The quantitative estimate of drug-likeness (QED) is 0.816. The number of hydrogen-bond acceptors (Lipinski definition) is 3. The number of H-pyrrole nitrogens is 1. The van der Waals surface area contributed by atoms with Crippen LogP contribution >= 0.6 is 0 Å². The van der Waals surface area contributed by atoms with Crippen molar-refractivity contribution in [1.82, 2.24) is 20.1 Å². The Bertz CT molecular complexity index is 363. The molecule has 1 fully saturated rings. The Morgan fingerprint density at radius 3 is 3.11 bits per heavy atom. The number of aromatic amines is 1. The highest BCUT2D eigenvalue weighted by atomic mass is 16.2. The van der Waals surface area contributed by atoms with Gasteiger partial charge in [-0.05, 0) is 25.7 Å². The van der Waals surface area contributed by atoms with Crippen LogP contribution in [0.15, 0.2) is 6.33 Å². The van der Waals surface area contributed by atoms with E-state index in [1.807, 2.05) is 4.90 Å². The summed E-state index contributed by atoms with van der Waals surface area (Å²) < 4.78 is 0. The van der Waals surface area contributed by atoms with Gasteiger partial charge in [0.1, 0.15) is 12.2 Å². The van der Waals surface area contributed by atoms with Gasteiger partial charge in [0, 0.05) is 13.0 Å². The average molecular weight is 250 g/mol. The van der Waals surface area contributed by atoms with E-state index in [-0.39, 0.29) is 11.9 Å². The number of nitrogens with zero attached hydrogens (tertiary/aromatic N) is 3. The minimum atomic E-state index is 0.107. The molecular formula is C13H22N4O. The zero-order valence-electron chi connectivity index (χ0n) is 11.1. The highest BCUT2D eigenvalue weighted by molar-refractivity contribution is 5.76. The van der Waals surface area contributed by atoms with Gasteiger partial charge in [-0.3, -0.25) is 9.89 Å². The molecule has 0 unspecified atom stereocenters. The van der Waals surface area contributed by atoms with Gasteiger partial charge in [-0.15, -0.1) is 0 Å². The summed E-state index contributed by atoms with van der Waals surface area (Å²) in [7, 11) is 0. The van der Waals surface area contributed by atoms with E-state index in [2.05, 4.69) is 22.1 Å².